The van der Waals surface area contributed by atoms with Gasteiger partial charge in [-0.1, -0.05) is 0 Å². The minimum absolute atomic E-state index is 0.0902. The molecule has 2 aromatic heterocycles. The van der Waals surface area contributed by atoms with Gasteiger partial charge in [0.25, 0.3) is 0 Å². The predicted molar refractivity (Wildman–Crippen MR) is 57.5 cm³/mol. The Labute approximate surface area is 91.6 Å². The highest BCUT2D eigenvalue weighted by atomic mass is 79.9. The molecule has 6 nitrogen and oxygen atoms in total. The zero-order valence-electron chi connectivity index (χ0n) is 6.81. The molecule has 2 rings (SSSR count). The summed E-state index contributed by atoms with van der Waals surface area (Å²) in [6, 6.07) is 0. The fourth-order valence-corrected chi connectivity index (χ4v) is 1.93. The van der Waals surface area contributed by atoms with Crippen LogP contribution < -0.4 is 11.5 Å². The van der Waals surface area contributed by atoms with Crippen molar-refractivity contribution in [3.8, 4) is 11.5 Å². The highest BCUT2D eigenvalue weighted by Crippen LogP contribution is 2.28. The number of hydrogen-bond donors (Lipinski definition) is 2. The Balaban J connectivity index is 2.57. The Hall–Kier alpha value is -1.28. The van der Waals surface area contributed by atoms with Crippen molar-refractivity contribution in [2.75, 3.05) is 11.5 Å². The molecule has 0 spiro atoms. The van der Waals surface area contributed by atoms with Crippen molar-refractivity contribution in [1.82, 2.24) is 19.9 Å². The first-order valence-corrected chi connectivity index (χ1v) is 5.20. The van der Waals surface area contributed by atoms with E-state index in [4.69, 9.17) is 11.5 Å². The molecule has 2 aromatic rings. The van der Waals surface area contributed by atoms with Gasteiger partial charge in [-0.25, -0.2) is 4.98 Å². The van der Waals surface area contributed by atoms with Crippen molar-refractivity contribution in [1.29, 1.82) is 0 Å². The summed E-state index contributed by atoms with van der Waals surface area (Å²) in [5.74, 6) is 0.558. The van der Waals surface area contributed by atoms with E-state index in [1.807, 2.05) is 0 Å². The molecule has 0 saturated heterocycles. The summed E-state index contributed by atoms with van der Waals surface area (Å²) in [5, 5.41) is 0. The van der Waals surface area contributed by atoms with Crippen LogP contribution in [0.5, 0.6) is 0 Å². The molecule has 0 bridgehead atoms. The molecular weight excluding hydrogens is 268 g/mol. The normalized spacial score (nSPS) is 10.4. The van der Waals surface area contributed by atoms with E-state index in [1.165, 1.54) is 11.3 Å². The summed E-state index contributed by atoms with van der Waals surface area (Å²) in [4.78, 5) is 15.6. The molecule has 0 fully saturated rings. The lowest BCUT2D eigenvalue weighted by atomic mass is 10.4. The van der Waals surface area contributed by atoms with Crippen LogP contribution >= 0.6 is 27.3 Å². The van der Waals surface area contributed by atoms with Crippen LogP contribution in [0.25, 0.3) is 11.5 Å². The standard InChI is InChI=1S/C6H5BrN6S/c7-3-2(10-1-14-3)4-11-5(8)13-6(9)12-4/h1H,(H4,8,9,11,12,13). The predicted octanol–water partition coefficient (Wildman–Crippen LogP) is 0.922. The molecule has 4 N–H and O–H groups in total. The van der Waals surface area contributed by atoms with Crippen molar-refractivity contribution in [2.45, 2.75) is 0 Å². The Morgan fingerprint density at radius 1 is 1.14 bits per heavy atom. The van der Waals surface area contributed by atoms with Crippen LogP contribution in [0.1, 0.15) is 0 Å². The summed E-state index contributed by atoms with van der Waals surface area (Å²) in [5.41, 5.74) is 13.2. The Morgan fingerprint density at radius 2 is 1.79 bits per heavy atom. The van der Waals surface area contributed by atoms with Crippen LogP contribution in [0, 0.1) is 0 Å². The first-order valence-electron chi connectivity index (χ1n) is 3.53. The number of aromatic nitrogens is 4. The molecule has 0 atom stereocenters. The van der Waals surface area contributed by atoms with E-state index in [1.54, 1.807) is 5.51 Å². The fraction of sp³-hybridized carbons (Fsp3) is 0. The van der Waals surface area contributed by atoms with Gasteiger partial charge >= 0.3 is 0 Å². The number of halogens is 1. The summed E-state index contributed by atoms with van der Waals surface area (Å²) < 4.78 is 0.836. The van der Waals surface area contributed by atoms with Gasteiger partial charge < -0.3 is 11.5 Å². The molecule has 8 heteroatoms. The second kappa shape index (κ2) is 3.46. The lowest BCUT2D eigenvalue weighted by Gasteiger charge is -1.98. The molecule has 0 aliphatic rings. The van der Waals surface area contributed by atoms with Gasteiger partial charge in [-0.15, -0.1) is 11.3 Å². The molecule has 0 aliphatic heterocycles. The number of rotatable bonds is 1. The minimum atomic E-state index is 0.0902. The van der Waals surface area contributed by atoms with E-state index in [0.29, 0.717) is 11.5 Å². The number of thiazole rings is 1. The molecule has 14 heavy (non-hydrogen) atoms. The fourth-order valence-electron chi connectivity index (χ4n) is 0.893. The van der Waals surface area contributed by atoms with Crippen LogP contribution in [-0.2, 0) is 0 Å². The van der Waals surface area contributed by atoms with E-state index in [-0.39, 0.29) is 11.9 Å². The third kappa shape index (κ3) is 1.66. The number of nitrogens with zero attached hydrogens (tertiary/aromatic N) is 4. The summed E-state index contributed by atoms with van der Waals surface area (Å²) in [7, 11) is 0. The van der Waals surface area contributed by atoms with Gasteiger partial charge in [0.05, 0.1) is 5.51 Å². The van der Waals surface area contributed by atoms with Gasteiger partial charge in [-0.2, -0.15) is 15.0 Å². The molecule has 0 aliphatic carbocycles. The summed E-state index contributed by atoms with van der Waals surface area (Å²) in [6.07, 6.45) is 0. The topological polar surface area (TPSA) is 104 Å². The molecule has 0 aromatic carbocycles. The first kappa shape index (κ1) is 9.28. The molecule has 0 unspecified atom stereocenters. The smallest absolute Gasteiger partial charge is 0.225 e. The van der Waals surface area contributed by atoms with Gasteiger partial charge in [-0.05, 0) is 15.9 Å². The van der Waals surface area contributed by atoms with Gasteiger partial charge in [0.15, 0.2) is 5.82 Å². The van der Waals surface area contributed by atoms with Crippen LogP contribution in [0.2, 0.25) is 0 Å². The number of nitrogen functional groups attached to an aromatic ring is 2. The maximum atomic E-state index is 5.43. The molecule has 72 valence electrons. The summed E-state index contributed by atoms with van der Waals surface area (Å²) >= 11 is 4.76. The van der Waals surface area contributed by atoms with Crippen molar-refractivity contribution in [2.24, 2.45) is 0 Å². The lowest BCUT2D eigenvalue weighted by Crippen LogP contribution is -2.04. The maximum absolute atomic E-state index is 5.43. The number of anilines is 2. The zero-order valence-corrected chi connectivity index (χ0v) is 9.21. The van der Waals surface area contributed by atoms with Crippen molar-refractivity contribution in [3.05, 3.63) is 9.30 Å². The SMILES string of the molecule is Nc1nc(N)nc(-c2ncsc2Br)n1. The van der Waals surface area contributed by atoms with E-state index in [9.17, 15) is 0 Å². The molecule has 0 amide bonds. The Morgan fingerprint density at radius 3 is 2.29 bits per heavy atom. The van der Waals surface area contributed by atoms with Crippen molar-refractivity contribution in [3.63, 3.8) is 0 Å². The number of hydrogen-bond acceptors (Lipinski definition) is 7. The highest BCUT2D eigenvalue weighted by Gasteiger charge is 2.11. The quantitative estimate of drug-likeness (QED) is 0.800. The minimum Gasteiger partial charge on any atom is -0.368 e. The lowest BCUT2D eigenvalue weighted by molar-refractivity contribution is 1.07. The zero-order chi connectivity index (χ0) is 10.1. The van der Waals surface area contributed by atoms with Crippen molar-refractivity contribution >= 4 is 39.2 Å². The second-order valence-electron chi connectivity index (χ2n) is 2.35. The molecule has 2 heterocycles. The Kier molecular flexibility index (Phi) is 2.30. The van der Waals surface area contributed by atoms with Crippen molar-refractivity contribution < 1.29 is 0 Å². The van der Waals surface area contributed by atoms with Crippen LogP contribution in [0.15, 0.2) is 9.30 Å². The van der Waals surface area contributed by atoms with E-state index in [0.717, 1.165) is 3.79 Å². The monoisotopic (exact) mass is 272 g/mol. The van der Waals surface area contributed by atoms with Gasteiger partial charge in [-0.3, -0.25) is 0 Å². The average molecular weight is 273 g/mol. The molecular formula is C6H5BrN6S. The summed E-state index contributed by atoms with van der Waals surface area (Å²) in [6.45, 7) is 0. The Bertz CT molecular complexity index is 449. The van der Waals surface area contributed by atoms with Gasteiger partial charge in [0.2, 0.25) is 11.9 Å². The van der Waals surface area contributed by atoms with Crippen LogP contribution in [0.4, 0.5) is 11.9 Å². The average Bonchev–Trinajstić information content (AvgIpc) is 2.49. The van der Waals surface area contributed by atoms with Crippen LogP contribution in [0.3, 0.4) is 0 Å². The van der Waals surface area contributed by atoms with Crippen LogP contribution in [-0.4, -0.2) is 19.9 Å². The van der Waals surface area contributed by atoms with E-state index < -0.39 is 0 Å². The number of nitrogens with two attached hydrogens (primary N) is 2. The highest BCUT2D eigenvalue weighted by molar-refractivity contribution is 9.11. The van der Waals surface area contributed by atoms with E-state index >= 15 is 0 Å². The van der Waals surface area contributed by atoms with E-state index in [2.05, 4.69) is 35.9 Å². The largest absolute Gasteiger partial charge is 0.368 e. The maximum Gasteiger partial charge on any atom is 0.225 e. The second-order valence-corrected chi connectivity index (χ2v) is 4.52. The first-order chi connectivity index (χ1) is 6.66. The molecule has 0 saturated carbocycles. The van der Waals surface area contributed by atoms with Gasteiger partial charge in [0, 0.05) is 0 Å². The third-order valence-corrected chi connectivity index (χ3v) is 2.95. The molecule has 0 radical (unpaired) electrons. The third-order valence-electron chi connectivity index (χ3n) is 1.41. The van der Waals surface area contributed by atoms with Gasteiger partial charge in [0.1, 0.15) is 9.48 Å².